The van der Waals surface area contributed by atoms with Crippen molar-refractivity contribution in [1.29, 1.82) is 0 Å². The van der Waals surface area contributed by atoms with Crippen molar-refractivity contribution in [3.63, 3.8) is 0 Å². The molecule has 128 valence electrons. The Morgan fingerprint density at radius 2 is 1.96 bits per heavy atom. The number of hydrogen-bond acceptors (Lipinski definition) is 3. The fourth-order valence-corrected chi connectivity index (χ4v) is 3.01. The van der Waals surface area contributed by atoms with E-state index in [1.807, 2.05) is 0 Å². The summed E-state index contributed by atoms with van der Waals surface area (Å²) >= 11 is 0. The van der Waals surface area contributed by atoms with Gasteiger partial charge in [0.2, 0.25) is 0 Å². The number of pyridine rings is 1. The fourth-order valence-electron chi connectivity index (χ4n) is 3.01. The lowest BCUT2D eigenvalue weighted by Gasteiger charge is -2.25. The highest BCUT2D eigenvalue weighted by atomic mass is 16.2. The largest absolute Gasteiger partial charge is 0.341 e. The molecule has 1 aliphatic carbocycles. The van der Waals surface area contributed by atoms with Gasteiger partial charge in [-0.05, 0) is 57.6 Å². The van der Waals surface area contributed by atoms with Gasteiger partial charge >= 0.3 is 0 Å². The predicted molar refractivity (Wildman–Crippen MR) is 94.6 cm³/mol. The first-order chi connectivity index (χ1) is 11.3. The molecule has 0 fully saturated rings. The van der Waals surface area contributed by atoms with Crippen molar-refractivity contribution >= 4 is 19.4 Å². The molecule has 2 rings (SSSR count). The van der Waals surface area contributed by atoms with Gasteiger partial charge < -0.3 is 14.7 Å². The zero-order valence-corrected chi connectivity index (χ0v) is 14.8. The first kappa shape index (κ1) is 18.5. The van der Waals surface area contributed by atoms with Crippen LogP contribution < -0.4 is 10.9 Å². The molecule has 0 unspecified atom stereocenters. The Balaban J connectivity index is 2.45. The van der Waals surface area contributed by atoms with Crippen molar-refractivity contribution in [3.05, 3.63) is 33.2 Å². The van der Waals surface area contributed by atoms with Crippen LogP contribution in [0.5, 0.6) is 0 Å². The summed E-state index contributed by atoms with van der Waals surface area (Å²) in [7, 11) is 5.30. The summed E-state index contributed by atoms with van der Waals surface area (Å²) in [5.41, 5.74) is 0.112. The van der Waals surface area contributed by atoms with E-state index in [1.165, 1.54) is 13.8 Å². The smallest absolute Gasteiger partial charge is 0.263 e. The number of nitrogens with one attached hydrogen (secondary N) is 1. The van der Waals surface area contributed by atoms with E-state index in [4.69, 9.17) is 7.85 Å². The summed E-state index contributed by atoms with van der Waals surface area (Å²) in [5, 5.41) is 2.58. The average molecular weight is 328 g/mol. The minimum atomic E-state index is -1.20. The minimum absolute atomic E-state index is 0.0982. The quantitative estimate of drug-likeness (QED) is 0.809. The molecule has 1 aromatic rings. The van der Waals surface area contributed by atoms with E-state index >= 15 is 0 Å². The first-order valence-electron chi connectivity index (χ1n) is 8.66. The third kappa shape index (κ3) is 3.79. The molecule has 0 saturated carbocycles. The van der Waals surface area contributed by atoms with Crippen LogP contribution in [0.4, 0.5) is 0 Å². The fraction of sp³-hybridized carbons (Fsp3) is 0.611. The van der Waals surface area contributed by atoms with Gasteiger partial charge in [0.15, 0.2) is 7.85 Å². The van der Waals surface area contributed by atoms with E-state index < -0.39 is 17.1 Å². The average Bonchev–Trinajstić information content (AvgIpc) is 2.53. The van der Waals surface area contributed by atoms with Crippen LogP contribution in [0.2, 0.25) is 0 Å². The third-order valence-corrected chi connectivity index (χ3v) is 4.62. The maximum absolute atomic E-state index is 12.8. The summed E-state index contributed by atoms with van der Waals surface area (Å²) < 4.78 is 1.75. The topological polar surface area (TPSA) is 68.2 Å². The van der Waals surface area contributed by atoms with E-state index in [-0.39, 0.29) is 11.1 Å². The Hall–Kier alpha value is -1.85. The molecule has 0 aliphatic heterocycles. The third-order valence-electron chi connectivity index (χ3n) is 4.62. The van der Waals surface area contributed by atoms with Gasteiger partial charge in [-0.1, -0.05) is 13.3 Å². The molecule has 5 nitrogen and oxygen atoms in total. The van der Waals surface area contributed by atoms with E-state index in [2.05, 4.69) is 12.2 Å². The van der Waals surface area contributed by atoms with Crippen LogP contribution in [-0.4, -0.2) is 29.5 Å². The highest BCUT2D eigenvalue weighted by Gasteiger charge is 2.28. The van der Waals surface area contributed by atoms with Gasteiger partial charge in [0.05, 0.1) is 11.2 Å². The van der Waals surface area contributed by atoms with Crippen LogP contribution in [0.25, 0.3) is 0 Å². The summed E-state index contributed by atoms with van der Waals surface area (Å²) in [6.07, 6.45) is 5.76. The lowest BCUT2D eigenvalue weighted by atomic mass is 9.84. The van der Waals surface area contributed by atoms with E-state index in [0.29, 0.717) is 6.54 Å². The molecule has 0 spiro atoms. The summed E-state index contributed by atoms with van der Waals surface area (Å²) in [4.78, 5) is 36.8. The van der Waals surface area contributed by atoms with Crippen LogP contribution in [0.15, 0.2) is 10.9 Å². The number of unbranched alkanes of at least 4 members (excludes halogenated alkanes) is 1. The molecule has 1 aromatic heterocycles. The van der Waals surface area contributed by atoms with E-state index in [9.17, 15) is 14.4 Å². The number of hydrogen-bond donors (Lipinski definition) is 1. The second-order valence-corrected chi connectivity index (χ2v) is 6.99. The summed E-state index contributed by atoms with van der Waals surface area (Å²) in [6.45, 7) is 5.75. The highest BCUT2D eigenvalue weighted by Crippen LogP contribution is 2.21. The maximum atomic E-state index is 12.8. The Morgan fingerprint density at radius 3 is 2.58 bits per heavy atom. The molecule has 1 heterocycles. The number of carbonyl (C=O) groups is 2. The van der Waals surface area contributed by atoms with Crippen molar-refractivity contribution in [2.24, 2.45) is 0 Å². The maximum Gasteiger partial charge on any atom is 0.263 e. The Bertz CT molecular complexity index is 707. The van der Waals surface area contributed by atoms with Gasteiger partial charge in [-0.15, -0.1) is 0 Å². The van der Waals surface area contributed by atoms with Crippen molar-refractivity contribution in [2.75, 3.05) is 0 Å². The molecule has 0 bridgehead atoms. The van der Waals surface area contributed by atoms with Gasteiger partial charge in [0, 0.05) is 12.2 Å². The first-order valence-corrected chi connectivity index (χ1v) is 8.66. The summed E-state index contributed by atoms with van der Waals surface area (Å²) in [5.74, 6) is -0.539. The van der Waals surface area contributed by atoms with Crippen molar-refractivity contribution in [1.82, 2.24) is 9.88 Å². The van der Waals surface area contributed by atoms with Gasteiger partial charge in [0.25, 0.3) is 11.5 Å². The zero-order valence-electron chi connectivity index (χ0n) is 14.8. The number of aryl methyl sites for hydroxylation is 1. The van der Waals surface area contributed by atoms with Crippen LogP contribution >= 0.6 is 0 Å². The van der Waals surface area contributed by atoms with Gasteiger partial charge in [0.1, 0.15) is 5.56 Å². The number of nitrogens with zero attached hydrogens (tertiary/aromatic N) is 1. The van der Waals surface area contributed by atoms with Gasteiger partial charge in [-0.3, -0.25) is 9.59 Å². The van der Waals surface area contributed by atoms with Gasteiger partial charge in [-0.25, -0.2) is 0 Å². The van der Waals surface area contributed by atoms with Crippen LogP contribution in [0.1, 0.15) is 68.1 Å². The normalized spacial score (nSPS) is 14.1. The zero-order chi connectivity index (χ0) is 17.9. The molecule has 0 saturated heterocycles. The number of amides is 1. The molecular weight excluding hydrogens is 303 g/mol. The van der Waals surface area contributed by atoms with E-state index in [1.54, 1.807) is 10.6 Å². The standard InChI is InChI=1S/C18H25BN2O3/c1-4-5-10-21-14-9-7-6-8-12(14)11-13(16(21)23)15(22)20-18(2,3)17(19)24/h11H,4-10H2,1-3H3,(H,20,22). The van der Waals surface area contributed by atoms with Gasteiger partial charge in [-0.2, -0.15) is 0 Å². The molecule has 24 heavy (non-hydrogen) atoms. The van der Waals surface area contributed by atoms with Crippen molar-refractivity contribution < 1.29 is 9.59 Å². The number of fused-ring (bicyclic) bond motifs is 1. The minimum Gasteiger partial charge on any atom is -0.341 e. The van der Waals surface area contributed by atoms with Crippen molar-refractivity contribution in [2.45, 2.75) is 71.4 Å². The predicted octanol–water partition coefficient (Wildman–Crippen LogP) is 1.73. The number of carbonyl (C=O) groups excluding carboxylic acids is 2. The molecule has 0 aromatic carbocycles. The molecule has 1 N–H and O–H groups in total. The van der Waals surface area contributed by atoms with E-state index in [0.717, 1.165) is 49.8 Å². The molecule has 0 atom stereocenters. The molecule has 2 radical (unpaired) electrons. The van der Waals surface area contributed by atoms with Crippen LogP contribution in [-0.2, 0) is 24.2 Å². The van der Waals surface area contributed by atoms with Crippen LogP contribution in [0, 0.1) is 0 Å². The Kier molecular flexibility index (Phi) is 5.68. The lowest BCUT2D eigenvalue weighted by molar-refractivity contribution is -0.116. The van der Waals surface area contributed by atoms with Crippen molar-refractivity contribution in [3.8, 4) is 0 Å². The van der Waals surface area contributed by atoms with Crippen LogP contribution in [0.3, 0.4) is 0 Å². The SMILES string of the molecule is [B]C(=O)C(C)(C)NC(=O)c1cc2c(n(CCCC)c1=O)CCCC2. The lowest BCUT2D eigenvalue weighted by Crippen LogP contribution is -2.51. The molecule has 1 aliphatic rings. The highest BCUT2D eigenvalue weighted by molar-refractivity contribution is 6.60. The second kappa shape index (κ2) is 7.37. The Morgan fingerprint density at radius 1 is 1.29 bits per heavy atom. The number of rotatable bonds is 6. The summed E-state index contributed by atoms with van der Waals surface area (Å²) in [6, 6.07) is 1.70. The molecule has 6 heteroatoms. The monoisotopic (exact) mass is 328 g/mol. The molecular formula is C18H25BN2O3. The Labute approximate surface area is 144 Å². The second-order valence-electron chi connectivity index (χ2n) is 6.99. The molecule has 1 amide bonds. The number of aromatic nitrogens is 1.